The predicted molar refractivity (Wildman–Crippen MR) is 45.2 cm³/mol. The molecule has 0 radical (unpaired) electrons. The molecule has 0 aliphatic carbocycles. The monoisotopic (exact) mass is 200 g/mol. The normalized spacial score (nSPS) is 9.64. The summed E-state index contributed by atoms with van der Waals surface area (Å²) in [5.74, 6) is -4.47. The van der Waals surface area contributed by atoms with Crippen LogP contribution in [-0.2, 0) is 9.59 Å². The molecular formula is C8H4BF3O2. The van der Waals surface area contributed by atoms with Gasteiger partial charge in [0.2, 0.25) is 0 Å². The molecule has 0 heterocycles. The van der Waals surface area contributed by atoms with Gasteiger partial charge in [0.15, 0.2) is 17.5 Å². The van der Waals surface area contributed by atoms with E-state index in [0.29, 0.717) is 12.1 Å². The fourth-order valence-corrected chi connectivity index (χ4v) is 0.957. The third-order valence-corrected chi connectivity index (χ3v) is 1.68. The average Bonchev–Trinajstić information content (AvgIpc) is 2.16. The second-order valence-corrected chi connectivity index (χ2v) is 2.60. The maximum Gasteiger partial charge on any atom is 0.325 e. The fourth-order valence-electron chi connectivity index (χ4n) is 0.957. The molecule has 1 aromatic rings. The van der Waals surface area contributed by atoms with Gasteiger partial charge in [0.1, 0.15) is 0 Å². The van der Waals surface area contributed by atoms with Crippen molar-refractivity contribution >= 4 is 24.5 Å². The second kappa shape index (κ2) is 4.08. The largest absolute Gasteiger partial charge is 0.325 e. The molecule has 0 fully saturated rings. The summed E-state index contributed by atoms with van der Waals surface area (Å²) in [5.41, 5.74) is -0.202. The Morgan fingerprint density at radius 1 is 1.00 bits per heavy atom. The third-order valence-electron chi connectivity index (χ3n) is 1.68. The number of hydrogen-bond acceptors (Lipinski definition) is 2. The first-order chi connectivity index (χ1) is 6.60. The minimum absolute atomic E-state index is 0.202. The van der Waals surface area contributed by atoms with Crippen molar-refractivity contribution in [3.63, 3.8) is 0 Å². The van der Waals surface area contributed by atoms with E-state index in [9.17, 15) is 22.8 Å². The summed E-state index contributed by atoms with van der Waals surface area (Å²) in [6.07, 6.45) is 0.443. The first-order valence-corrected chi connectivity index (χ1v) is 3.65. The number of carbonyl (C=O) groups excluding carboxylic acids is 2. The van der Waals surface area contributed by atoms with E-state index in [2.05, 4.69) is 0 Å². The molecule has 1 rings (SSSR count). The lowest BCUT2D eigenvalue weighted by Gasteiger charge is -2.01. The SMILES string of the molecule is O=CB(C=O)c1cc(F)c(F)c(F)c1. The summed E-state index contributed by atoms with van der Waals surface area (Å²) in [4.78, 5) is 20.5. The van der Waals surface area contributed by atoms with Gasteiger partial charge in [0, 0.05) is 0 Å². The van der Waals surface area contributed by atoms with Crippen LogP contribution in [0.5, 0.6) is 0 Å². The van der Waals surface area contributed by atoms with Crippen molar-refractivity contribution in [1.82, 2.24) is 0 Å². The zero-order valence-corrected chi connectivity index (χ0v) is 6.84. The molecule has 6 heteroatoms. The zero-order valence-electron chi connectivity index (χ0n) is 6.84. The highest BCUT2D eigenvalue weighted by molar-refractivity contribution is 7.11. The number of rotatable bonds is 3. The fraction of sp³-hybridized carbons (Fsp3) is 0. The number of benzene rings is 1. The molecule has 0 spiro atoms. The Bertz CT molecular complexity index is 350. The molecule has 0 N–H and O–H groups in total. The Morgan fingerprint density at radius 3 is 1.79 bits per heavy atom. The average molecular weight is 200 g/mol. The van der Waals surface area contributed by atoms with Gasteiger partial charge in [-0.2, -0.15) is 0 Å². The molecule has 0 aliphatic heterocycles. The molecule has 0 saturated carbocycles. The summed E-state index contributed by atoms with van der Waals surface area (Å²) >= 11 is 0. The van der Waals surface area contributed by atoms with Gasteiger partial charge < -0.3 is 9.59 Å². The Balaban J connectivity index is 3.23. The van der Waals surface area contributed by atoms with E-state index >= 15 is 0 Å². The molecular weight excluding hydrogens is 196 g/mol. The highest BCUT2D eigenvalue weighted by atomic mass is 19.2. The van der Waals surface area contributed by atoms with Crippen LogP contribution in [0.15, 0.2) is 12.1 Å². The summed E-state index contributed by atoms with van der Waals surface area (Å²) in [5, 5.41) is 0. The van der Waals surface area contributed by atoms with E-state index in [1.807, 2.05) is 0 Å². The maximum absolute atomic E-state index is 12.6. The van der Waals surface area contributed by atoms with Crippen molar-refractivity contribution in [3.8, 4) is 0 Å². The molecule has 0 bridgehead atoms. The van der Waals surface area contributed by atoms with Gasteiger partial charge in [-0.3, -0.25) is 0 Å². The topological polar surface area (TPSA) is 34.1 Å². The van der Waals surface area contributed by atoms with Gasteiger partial charge >= 0.3 is 6.71 Å². The summed E-state index contributed by atoms with van der Waals surface area (Å²) in [6, 6.07) is 1.23. The van der Waals surface area contributed by atoms with Crippen LogP contribution >= 0.6 is 0 Å². The quantitative estimate of drug-likeness (QED) is 0.400. The van der Waals surface area contributed by atoms with Crippen LogP contribution in [0.2, 0.25) is 0 Å². The predicted octanol–water partition coefficient (Wildman–Crippen LogP) is 0.350. The van der Waals surface area contributed by atoms with E-state index in [0.717, 1.165) is 0 Å². The number of hydrogen-bond donors (Lipinski definition) is 0. The Labute approximate surface area is 77.8 Å². The summed E-state index contributed by atoms with van der Waals surface area (Å²) in [7, 11) is 0. The molecule has 0 atom stereocenters. The van der Waals surface area contributed by atoms with Crippen LogP contribution in [0.4, 0.5) is 13.2 Å². The number of carbonyl (C=O) groups is 2. The first kappa shape index (κ1) is 10.5. The highest BCUT2D eigenvalue weighted by Gasteiger charge is 2.19. The Kier molecular flexibility index (Phi) is 3.06. The van der Waals surface area contributed by atoms with Gasteiger partial charge in [-0.15, -0.1) is 0 Å². The lowest BCUT2D eigenvalue weighted by atomic mass is 9.48. The van der Waals surface area contributed by atoms with Crippen molar-refractivity contribution in [3.05, 3.63) is 29.6 Å². The van der Waals surface area contributed by atoms with Gasteiger partial charge in [-0.05, 0) is 12.1 Å². The van der Waals surface area contributed by atoms with Gasteiger partial charge in [0.05, 0.1) is 12.4 Å². The van der Waals surface area contributed by atoms with E-state index in [-0.39, 0.29) is 17.8 Å². The molecule has 1 aromatic carbocycles. The maximum atomic E-state index is 12.6. The van der Waals surface area contributed by atoms with E-state index in [4.69, 9.17) is 0 Å². The second-order valence-electron chi connectivity index (χ2n) is 2.60. The molecule has 0 saturated heterocycles. The molecule has 14 heavy (non-hydrogen) atoms. The van der Waals surface area contributed by atoms with Crippen LogP contribution in [0, 0.1) is 17.5 Å². The van der Waals surface area contributed by atoms with Crippen LogP contribution in [0.1, 0.15) is 0 Å². The minimum atomic E-state index is -1.62. The van der Waals surface area contributed by atoms with Gasteiger partial charge in [0.25, 0.3) is 0 Å². The summed E-state index contributed by atoms with van der Waals surface area (Å²) in [6.45, 7) is -1.26. The minimum Gasteiger partial charge on any atom is -0.314 e. The summed E-state index contributed by atoms with van der Waals surface area (Å²) < 4.78 is 37.7. The Hall–Kier alpha value is -1.59. The lowest BCUT2D eigenvalue weighted by Crippen LogP contribution is -2.35. The van der Waals surface area contributed by atoms with Crippen LogP contribution < -0.4 is 5.46 Å². The van der Waals surface area contributed by atoms with E-state index in [1.54, 1.807) is 0 Å². The first-order valence-electron chi connectivity index (χ1n) is 3.65. The van der Waals surface area contributed by atoms with Crippen LogP contribution in [-0.4, -0.2) is 19.1 Å². The van der Waals surface area contributed by atoms with Gasteiger partial charge in [-0.25, -0.2) is 13.2 Å². The third kappa shape index (κ3) is 1.84. The van der Waals surface area contributed by atoms with Crippen molar-refractivity contribution in [1.29, 1.82) is 0 Å². The standard InChI is InChI=1S/C8H4BF3O2/c10-6-1-5(9(3-13)4-14)2-7(11)8(6)12/h1-4H. The smallest absolute Gasteiger partial charge is 0.314 e. The van der Waals surface area contributed by atoms with Crippen LogP contribution in [0.3, 0.4) is 0 Å². The Morgan fingerprint density at radius 2 is 1.43 bits per heavy atom. The number of halogens is 3. The van der Waals surface area contributed by atoms with E-state index in [1.165, 1.54) is 0 Å². The molecule has 0 amide bonds. The molecule has 0 aromatic heterocycles. The van der Waals surface area contributed by atoms with Crippen LogP contribution in [0.25, 0.3) is 0 Å². The molecule has 0 aliphatic rings. The van der Waals surface area contributed by atoms with Crippen molar-refractivity contribution in [2.45, 2.75) is 0 Å². The van der Waals surface area contributed by atoms with Crippen molar-refractivity contribution < 1.29 is 22.8 Å². The molecule has 0 unspecified atom stereocenters. The van der Waals surface area contributed by atoms with Gasteiger partial charge in [-0.1, -0.05) is 5.46 Å². The van der Waals surface area contributed by atoms with Crippen molar-refractivity contribution in [2.75, 3.05) is 0 Å². The molecule has 2 nitrogen and oxygen atoms in total. The van der Waals surface area contributed by atoms with E-state index < -0.39 is 24.2 Å². The highest BCUT2D eigenvalue weighted by Crippen LogP contribution is 2.07. The zero-order chi connectivity index (χ0) is 10.7. The lowest BCUT2D eigenvalue weighted by molar-refractivity contribution is 0.448. The van der Waals surface area contributed by atoms with Crippen molar-refractivity contribution in [2.24, 2.45) is 0 Å². The molecule has 72 valence electrons.